The highest BCUT2D eigenvalue weighted by molar-refractivity contribution is 5.81. The lowest BCUT2D eigenvalue weighted by Gasteiger charge is -2.18. The molecule has 0 saturated carbocycles. The van der Waals surface area contributed by atoms with Crippen LogP contribution in [0.3, 0.4) is 0 Å². The molecule has 1 aromatic heterocycles. The van der Waals surface area contributed by atoms with E-state index in [1.165, 1.54) is 0 Å². The molecule has 0 spiro atoms. The summed E-state index contributed by atoms with van der Waals surface area (Å²) in [5, 5.41) is 17.0. The van der Waals surface area contributed by atoms with Crippen LogP contribution in [0.5, 0.6) is 5.75 Å². The first-order valence-corrected chi connectivity index (χ1v) is 7.92. The molecule has 1 aliphatic rings. The summed E-state index contributed by atoms with van der Waals surface area (Å²) in [6.45, 7) is 2.18. The Morgan fingerprint density at radius 2 is 2.08 bits per heavy atom. The molecule has 132 valence electrons. The monoisotopic (exact) mass is 345 g/mol. The van der Waals surface area contributed by atoms with Crippen LogP contribution in [0.15, 0.2) is 28.9 Å². The van der Waals surface area contributed by atoms with Crippen molar-refractivity contribution in [1.29, 1.82) is 0 Å². The van der Waals surface area contributed by atoms with Crippen molar-refractivity contribution < 1.29 is 24.1 Å². The quantitative estimate of drug-likeness (QED) is 0.869. The summed E-state index contributed by atoms with van der Waals surface area (Å²) in [7, 11) is 1.55. The lowest BCUT2D eigenvalue weighted by atomic mass is 9.88. The highest BCUT2D eigenvalue weighted by Crippen LogP contribution is 2.37. The first-order valence-electron chi connectivity index (χ1n) is 7.92. The minimum Gasteiger partial charge on any atom is -0.496 e. The van der Waals surface area contributed by atoms with Crippen LogP contribution in [-0.4, -0.2) is 52.4 Å². The molecule has 1 fully saturated rings. The van der Waals surface area contributed by atoms with Gasteiger partial charge in [0.1, 0.15) is 17.1 Å². The standard InChI is InChI=1S/C17H19N3O5/c1-10-14(19-25-18-10)7-16(21)20-8-12(13(9-20)17(22)23)11-5-3-4-6-15(11)24-2/h3-6,12-13H,7-9H2,1-2H3,(H,22,23)/t12-,13+/m1/s1. The summed E-state index contributed by atoms with van der Waals surface area (Å²) < 4.78 is 9.96. The van der Waals surface area contributed by atoms with Crippen LogP contribution in [0.2, 0.25) is 0 Å². The first kappa shape index (κ1) is 16.9. The largest absolute Gasteiger partial charge is 0.496 e. The lowest BCUT2D eigenvalue weighted by molar-refractivity contribution is -0.141. The SMILES string of the molecule is COc1ccccc1[C@H]1CN(C(=O)Cc2nonc2C)C[C@@H]1C(=O)O. The van der Waals surface area contributed by atoms with E-state index in [0.717, 1.165) is 5.56 Å². The number of nitrogens with zero attached hydrogens (tertiary/aromatic N) is 3. The van der Waals surface area contributed by atoms with Gasteiger partial charge in [0.05, 0.1) is 19.4 Å². The number of methoxy groups -OCH3 is 1. The Bertz CT molecular complexity index is 788. The van der Waals surface area contributed by atoms with Crippen LogP contribution < -0.4 is 4.74 Å². The average molecular weight is 345 g/mol. The van der Waals surface area contributed by atoms with Crippen LogP contribution in [0, 0.1) is 12.8 Å². The minimum absolute atomic E-state index is 0.0420. The molecule has 2 atom stereocenters. The Kier molecular flexibility index (Phi) is 4.69. The fourth-order valence-electron chi connectivity index (χ4n) is 3.21. The van der Waals surface area contributed by atoms with Crippen molar-refractivity contribution in [2.24, 2.45) is 5.92 Å². The zero-order valence-corrected chi connectivity index (χ0v) is 14.0. The van der Waals surface area contributed by atoms with Gasteiger partial charge in [-0.15, -0.1) is 0 Å². The maximum Gasteiger partial charge on any atom is 0.308 e. The molecule has 1 aliphatic heterocycles. The number of carboxylic acid groups (broad SMARTS) is 1. The smallest absolute Gasteiger partial charge is 0.308 e. The Hall–Kier alpha value is -2.90. The summed E-state index contributed by atoms with van der Waals surface area (Å²) in [4.78, 5) is 25.8. The summed E-state index contributed by atoms with van der Waals surface area (Å²) in [5.74, 6) is -1.50. The normalized spacial score (nSPS) is 19.8. The van der Waals surface area contributed by atoms with Gasteiger partial charge >= 0.3 is 5.97 Å². The topological polar surface area (TPSA) is 106 Å². The second-order valence-electron chi connectivity index (χ2n) is 6.07. The van der Waals surface area contributed by atoms with E-state index in [-0.39, 0.29) is 24.8 Å². The summed E-state index contributed by atoms with van der Waals surface area (Å²) >= 11 is 0. The third-order valence-corrected chi connectivity index (χ3v) is 4.59. The number of hydrogen-bond donors (Lipinski definition) is 1. The number of aryl methyl sites for hydroxylation is 1. The average Bonchev–Trinajstić information content (AvgIpc) is 3.22. The van der Waals surface area contributed by atoms with Gasteiger partial charge in [-0.1, -0.05) is 28.5 Å². The van der Waals surface area contributed by atoms with Crippen LogP contribution >= 0.6 is 0 Å². The number of carbonyl (C=O) groups is 2. The lowest BCUT2D eigenvalue weighted by Crippen LogP contribution is -2.31. The highest BCUT2D eigenvalue weighted by atomic mass is 16.6. The number of benzene rings is 1. The number of likely N-dealkylation sites (tertiary alicyclic amines) is 1. The molecule has 1 saturated heterocycles. The third-order valence-electron chi connectivity index (χ3n) is 4.59. The van der Waals surface area contributed by atoms with E-state index < -0.39 is 11.9 Å². The molecule has 1 N–H and O–H groups in total. The molecule has 2 heterocycles. The third kappa shape index (κ3) is 3.33. The molecule has 0 unspecified atom stereocenters. The molecule has 1 aromatic carbocycles. The Morgan fingerprint density at radius 3 is 2.72 bits per heavy atom. The fourth-order valence-corrected chi connectivity index (χ4v) is 3.21. The van der Waals surface area contributed by atoms with Gasteiger partial charge in [0.15, 0.2) is 0 Å². The van der Waals surface area contributed by atoms with Crippen molar-refractivity contribution in [3.63, 3.8) is 0 Å². The zero-order chi connectivity index (χ0) is 18.0. The van der Waals surface area contributed by atoms with Gasteiger partial charge in [-0.3, -0.25) is 9.59 Å². The van der Waals surface area contributed by atoms with Gasteiger partial charge in [0.2, 0.25) is 5.91 Å². The molecule has 25 heavy (non-hydrogen) atoms. The second-order valence-corrected chi connectivity index (χ2v) is 6.07. The highest BCUT2D eigenvalue weighted by Gasteiger charge is 2.41. The molecule has 8 heteroatoms. The number of carbonyl (C=O) groups excluding carboxylic acids is 1. The fraction of sp³-hybridized carbons (Fsp3) is 0.412. The molecule has 2 aromatic rings. The summed E-state index contributed by atoms with van der Waals surface area (Å²) in [6.07, 6.45) is 0.0420. The molecule has 0 aliphatic carbocycles. The number of rotatable bonds is 5. The Balaban J connectivity index is 1.82. The number of amides is 1. The van der Waals surface area contributed by atoms with Crippen LogP contribution in [0.4, 0.5) is 0 Å². The molecule has 0 bridgehead atoms. The summed E-state index contributed by atoms with van der Waals surface area (Å²) in [6, 6.07) is 7.31. The van der Waals surface area contributed by atoms with E-state index in [1.54, 1.807) is 25.0 Å². The van der Waals surface area contributed by atoms with Crippen LogP contribution in [0.25, 0.3) is 0 Å². The van der Waals surface area contributed by atoms with Crippen molar-refractivity contribution in [3.05, 3.63) is 41.2 Å². The van der Waals surface area contributed by atoms with Gasteiger partial charge < -0.3 is 14.7 Å². The van der Waals surface area contributed by atoms with Crippen molar-refractivity contribution in [1.82, 2.24) is 15.2 Å². The van der Waals surface area contributed by atoms with Gasteiger partial charge in [0.25, 0.3) is 0 Å². The molecular formula is C17H19N3O5. The maximum absolute atomic E-state index is 12.6. The predicted molar refractivity (Wildman–Crippen MR) is 86.2 cm³/mol. The predicted octanol–water partition coefficient (Wildman–Crippen LogP) is 1.26. The number of aliphatic carboxylic acids is 1. The number of para-hydroxylation sites is 1. The van der Waals surface area contributed by atoms with E-state index >= 15 is 0 Å². The number of carboxylic acids is 1. The number of hydrogen-bond acceptors (Lipinski definition) is 6. The van der Waals surface area contributed by atoms with Crippen molar-refractivity contribution >= 4 is 11.9 Å². The van der Waals surface area contributed by atoms with E-state index in [0.29, 0.717) is 23.7 Å². The molecule has 8 nitrogen and oxygen atoms in total. The zero-order valence-electron chi connectivity index (χ0n) is 14.0. The van der Waals surface area contributed by atoms with E-state index in [4.69, 9.17) is 4.74 Å². The van der Waals surface area contributed by atoms with Gasteiger partial charge in [-0.25, -0.2) is 4.63 Å². The van der Waals surface area contributed by atoms with Gasteiger partial charge in [0, 0.05) is 19.0 Å². The molecule has 3 rings (SSSR count). The number of ether oxygens (including phenoxy) is 1. The first-order chi connectivity index (χ1) is 12.0. The molecule has 0 radical (unpaired) electrons. The van der Waals surface area contributed by atoms with Gasteiger partial charge in [-0.05, 0) is 18.6 Å². The maximum atomic E-state index is 12.6. The van der Waals surface area contributed by atoms with Crippen LogP contribution in [-0.2, 0) is 16.0 Å². The van der Waals surface area contributed by atoms with E-state index in [1.807, 2.05) is 18.2 Å². The Morgan fingerprint density at radius 1 is 1.32 bits per heavy atom. The number of aromatic nitrogens is 2. The van der Waals surface area contributed by atoms with Crippen LogP contribution in [0.1, 0.15) is 22.9 Å². The van der Waals surface area contributed by atoms with Crippen molar-refractivity contribution in [3.8, 4) is 5.75 Å². The minimum atomic E-state index is -0.925. The summed E-state index contributed by atoms with van der Waals surface area (Å²) in [5.41, 5.74) is 1.83. The van der Waals surface area contributed by atoms with Crippen molar-refractivity contribution in [2.75, 3.05) is 20.2 Å². The van der Waals surface area contributed by atoms with Gasteiger partial charge in [-0.2, -0.15) is 0 Å². The molecular weight excluding hydrogens is 326 g/mol. The van der Waals surface area contributed by atoms with Crippen molar-refractivity contribution in [2.45, 2.75) is 19.3 Å². The Labute approximate surface area is 144 Å². The second kappa shape index (κ2) is 6.92. The van der Waals surface area contributed by atoms with E-state index in [9.17, 15) is 14.7 Å². The molecule has 1 amide bonds. The van der Waals surface area contributed by atoms with E-state index in [2.05, 4.69) is 14.9 Å².